The van der Waals surface area contributed by atoms with Gasteiger partial charge >= 0.3 is 0 Å². The third-order valence-corrected chi connectivity index (χ3v) is 4.71. The van der Waals surface area contributed by atoms with Crippen molar-refractivity contribution in [2.45, 2.75) is 18.0 Å². The third kappa shape index (κ3) is 7.84. The largest absolute Gasteiger partial charge is 0.475 e. The number of pyridine rings is 1. The first-order chi connectivity index (χ1) is 13.2. The van der Waals surface area contributed by atoms with Crippen LogP contribution in [0.2, 0.25) is 0 Å². The zero-order valence-corrected chi connectivity index (χ0v) is 20.0. The molecule has 0 spiro atoms. The topological polar surface area (TPSA) is 59.0 Å². The van der Waals surface area contributed by atoms with Crippen LogP contribution in [0.1, 0.15) is 11.1 Å². The van der Waals surface area contributed by atoms with Gasteiger partial charge in [0.2, 0.25) is 5.88 Å². The van der Waals surface area contributed by atoms with Crippen molar-refractivity contribution in [2.75, 3.05) is 40.7 Å². The minimum absolute atomic E-state index is 0. The van der Waals surface area contributed by atoms with Crippen LogP contribution < -0.4 is 10.1 Å². The molecule has 0 aliphatic heterocycles. The first-order valence-corrected chi connectivity index (χ1v) is 10.0. The Bertz CT molecular complexity index is 728. The van der Waals surface area contributed by atoms with Gasteiger partial charge in [-0.25, -0.2) is 4.98 Å². The fourth-order valence-electron chi connectivity index (χ4n) is 2.55. The number of aromatic nitrogens is 1. The fraction of sp³-hybridized carbons (Fsp3) is 0.400. The van der Waals surface area contributed by atoms with E-state index in [1.807, 2.05) is 19.2 Å². The van der Waals surface area contributed by atoms with E-state index in [0.717, 1.165) is 18.1 Å². The highest BCUT2D eigenvalue weighted by atomic mass is 127. The molecule has 28 heavy (non-hydrogen) atoms. The number of nitrogens with one attached hydrogen (secondary N) is 1. The SMILES string of the molecule is CN=C(NCc1cccnc1OCCOC)N(C)Cc1ccc(SC)cc1.I. The van der Waals surface area contributed by atoms with Crippen molar-refractivity contribution in [2.24, 2.45) is 4.99 Å². The van der Waals surface area contributed by atoms with E-state index in [2.05, 4.69) is 50.7 Å². The summed E-state index contributed by atoms with van der Waals surface area (Å²) in [4.78, 5) is 12.1. The Morgan fingerprint density at radius 2 is 1.96 bits per heavy atom. The van der Waals surface area contributed by atoms with E-state index < -0.39 is 0 Å². The highest BCUT2D eigenvalue weighted by molar-refractivity contribution is 14.0. The van der Waals surface area contributed by atoms with Crippen LogP contribution in [-0.2, 0) is 17.8 Å². The van der Waals surface area contributed by atoms with Crippen LogP contribution >= 0.6 is 35.7 Å². The van der Waals surface area contributed by atoms with E-state index in [0.29, 0.717) is 25.6 Å². The normalized spacial score (nSPS) is 10.9. The molecule has 0 aliphatic rings. The first-order valence-electron chi connectivity index (χ1n) is 8.78. The second-order valence-corrected chi connectivity index (χ2v) is 6.79. The summed E-state index contributed by atoms with van der Waals surface area (Å²) in [6, 6.07) is 12.5. The summed E-state index contributed by atoms with van der Waals surface area (Å²) in [5.41, 5.74) is 2.22. The van der Waals surface area contributed by atoms with E-state index in [9.17, 15) is 0 Å². The molecule has 8 heteroatoms. The quantitative estimate of drug-likeness (QED) is 0.181. The van der Waals surface area contributed by atoms with Gasteiger partial charge in [-0.05, 0) is 30.0 Å². The van der Waals surface area contributed by atoms with Crippen LogP contribution in [-0.4, -0.2) is 56.5 Å². The Balaban J connectivity index is 0.00000392. The van der Waals surface area contributed by atoms with Crippen LogP contribution in [0.4, 0.5) is 0 Å². The van der Waals surface area contributed by atoms with Crippen molar-refractivity contribution in [3.8, 4) is 5.88 Å². The van der Waals surface area contributed by atoms with Gasteiger partial charge in [0.15, 0.2) is 5.96 Å². The minimum atomic E-state index is 0. The van der Waals surface area contributed by atoms with Gasteiger partial charge in [-0.3, -0.25) is 4.99 Å². The molecule has 2 aromatic rings. The number of ether oxygens (including phenoxy) is 2. The summed E-state index contributed by atoms with van der Waals surface area (Å²) >= 11 is 1.75. The lowest BCUT2D eigenvalue weighted by molar-refractivity contribution is 0.143. The minimum Gasteiger partial charge on any atom is -0.475 e. The van der Waals surface area contributed by atoms with Gasteiger partial charge in [0.1, 0.15) is 6.61 Å². The average molecular weight is 516 g/mol. The lowest BCUT2D eigenvalue weighted by Crippen LogP contribution is -2.38. The summed E-state index contributed by atoms with van der Waals surface area (Å²) in [5, 5.41) is 3.38. The molecule has 0 radical (unpaired) electrons. The van der Waals surface area contributed by atoms with Crippen molar-refractivity contribution in [1.29, 1.82) is 0 Å². The molecule has 0 bridgehead atoms. The van der Waals surface area contributed by atoms with Crippen LogP contribution in [0.25, 0.3) is 0 Å². The highest BCUT2D eigenvalue weighted by Gasteiger charge is 2.10. The molecule has 0 unspecified atom stereocenters. The maximum atomic E-state index is 5.69. The van der Waals surface area contributed by atoms with Crippen molar-refractivity contribution in [3.05, 3.63) is 53.7 Å². The highest BCUT2D eigenvalue weighted by Crippen LogP contribution is 2.16. The number of rotatable bonds is 9. The van der Waals surface area contributed by atoms with Crippen LogP contribution in [0.15, 0.2) is 52.5 Å². The summed E-state index contributed by atoms with van der Waals surface area (Å²) in [5.74, 6) is 1.43. The number of thioether (sulfide) groups is 1. The van der Waals surface area contributed by atoms with Crippen LogP contribution in [0.5, 0.6) is 5.88 Å². The van der Waals surface area contributed by atoms with E-state index in [1.165, 1.54) is 10.5 Å². The Morgan fingerprint density at radius 3 is 2.61 bits per heavy atom. The van der Waals surface area contributed by atoms with E-state index >= 15 is 0 Å². The van der Waals surface area contributed by atoms with Gasteiger partial charge in [-0.2, -0.15) is 0 Å². The molecular weight excluding hydrogens is 487 g/mol. The Labute approximate surface area is 189 Å². The lowest BCUT2D eigenvalue weighted by Gasteiger charge is -2.22. The molecule has 0 fully saturated rings. The summed E-state index contributed by atoms with van der Waals surface area (Å²) in [6.45, 7) is 2.36. The van der Waals surface area contributed by atoms with Crippen LogP contribution in [0.3, 0.4) is 0 Å². The fourth-order valence-corrected chi connectivity index (χ4v) is 2.96. The Kier molecular flexibility index (Phi) is 11.9. The molecule has 0 atom stereocenters. The number of aliphatic imine (C=N–C) groups is 1. The molecule has 1 aromatic carbocycles. The molecule has 0 aliphatic carbocycles. The molecular formula is C20H29IN4O2S. The number of guanidine groups is 1. The lowest BCUT2D eigenvalue weighted by atomic mass is 10.2. The van der Waals surface area contributed by atoms with Crippen LogP contribution in [0, 0.1) is 0 Å². The smallest absolute Gasteiger partial charge is 0.218 e. The average Bonchev–Trinajstić information content (AvgIpc) is 2.70. The molecule has 1 aromatic heterocycles. The van der Waals surface area contributed by atoms with Gasteiger partial charge < -0.3 is 19.7 Å². The van der Waals surface area contributed by atoms with Crippen molar-refractivity contribution in [1.82, 2.24) is 15.2 Å². The van der Waals surface area contributed by atoms with E-state index in [-0.39, 0.29) is 24.0 Å². The number of methoxy groups -OCH3 is 1. The van der Waals surface area contributed by atoms with Gasteiger partial charge in [0.05, 0.1) is 6.61 Å². The van der Waals surface area contributed by atoms with Gasteiger partial charge in [0, 0.05) is 51.0 Å². The van der Waals surface area contributed by atoms with Gasteiger partial charge in [0.25, 0.3) is 0 Å². The molecule has 154 valence electrons. The summed E-state index contributed by atoms with van der Waals surface area (Å²) in [6.07, 6.45) is 3.81. The van der Waals surface area contributed by atoms with Gasteiger partial charge in [-0.1, -0.05) is 18.2 Å². The summed E-state index contributed by atoms with van der Waals surface area (Å²) in [7, 11) is 5.46. The predicted molar refractivity (Wildman–Crippen MR) is 127 cm³/mol. The number of benzene rings is 1. The zero-order valence-electron chi connectivity index (χ0n) is 16.8. The standard InChI is InChI=1S/C20H28N4O2S.HI/c1-21-20(24(2)15-16-7-9-18(27-4)10-8-16)23-14-17-6-5-11-22-19(17)26-13-12-25-3;/h5-11H,12-15H2,1-4H3,(H,21,23);1H. The molecule has 1 N–H and O–H groups in total. The third-order valence-electron chi connectivity index (χ3n) is 3.97. The zero-order chi connectivity index (χ0) is 19.5. The number of halogens is 1. The maximum absolute atomic E-state index is 5.69. The number of hydrogen-bond donors (Lipinski definition) is 1. The molecule has 0 saturated carbocycles. The first kappa shape index (κ1) is 24.5. The van der Waals surface area contributed by atoms with Crippen molar-refractivity contribution < 1.29 is 9.47 Å². The van der Waals surface area contributed by atoms with Crippen molar-refractivity contribution >= 4 is 41.7 Å². The van der Waals surface area contributed by atoms with E-state index in [1.54, 1.807) is 32.1 Å². The molecule has 0 saturated heterocycles. The molecule has 6 nitrogen and oxygen atoms in total. The second-order valence-electron chi connectivity index (χ2n) is 5.91. The molecule has 0 amide bonds. The number of nitrogens with zero attached hydrogens (tertiary/aromatic N) is 3. The maximum Gasteiger partial charge on any atom is 0.218 e. The second kappa shape index (κ2) is 13.6. The summed E-state index contributed by atoms with van der Waals surface area (Å²) < 4.78 is 10.7. The van der Waals surface area contributed by atoms with Crippen molar-refractivity contribution in [3.63, 3.8) is 0 Å². The van der Waals surface area contributed by atoms with Gasteiger partial charge in [-0.15, -0.1) is 35.7 Å². The number of hydrogen-bond acceptors (Lipinski definition) is 5. The monoisotopic (exact) mass is 516 g/mol. The predicted octanol–water partition coefficient (Wildman–Crippen LogP) is 3.65. The molecule has 1 heterocycles. The Morgan fingerprint density at radius 1 is 1.21 bits per heavy atom. The Hall–Kier alpha value is -1.52. The molecule has 2 rings (SSSR count). The van der Waals surface area contributed by atoms with E-state index in [4.69, 9.17) is 9.47 Å².